The van der Waals surface area contributed by atoms with E-state index in [2.05, 4.69) is 5.11 Å². The first-order valence-corrected chi connectivity index (χ1v) is 2.47. The zero-order chi connectivity index (χ0) is 6.41. The number of rotatable bonds is 2. The fraction of sp³-hybridized carbons (Fsp3) is 0.333. The molecule has 0 fully saturated rings. The van der Waals surface area contributed by atoms with E-state index in [1.807, 2.05) is 26.0 Å². The highest BCUT2D eigenvalue weighted by atomic mass is 14.9. The molecule has 0 aliphatic carbocycles. The van der Waals surface area contributed by atoms with Crippen LogP contribution >= 0.6 is 0 Å². The Labute approximate surface area is 49.4 Å². The van der Waals surface area contributed by atoms with Gasteiger partial charge in [0.25, 0.3) is 0 Å². The van der Waals surface area contributed by atoms with Gasteiger partial charge in [-0.1, -0.05) is 12.2 Å². The predicted molar refractivity (Wildman–Crippen MR) is 33.7 cm³/mol. The van der Waals surface area contributed by atoms with E-state index in [1.165, 1.54) is 6.20 Å². The molecule has 0 spiro atoms. The first kappa shape index (κ1) is 7.08. The fourth-order valence-corrected chi connectivity index (χ4v) is 0.408. The standard InChI is InChI=1S/C6H10N2/c1-3-4-6(2)5-8-7/h3-5,7H,1-2H3/b4-3-,6-5-,8-7?. The Morgan fingerprint density at radius 3 is 2.62 bits per heavy atom. The molecule has 2 nitrogen and oxygen atoms in total. The third-order valence-electron chi connectivity index (χ3n) is 0.698. The van der Waals surface area contributed by atoms with E-state index in [1.54, 1.807) is 0 Å². The predicted octanol–water partition coefficient (Wildman–Crippen LogP) is 2.50. The first-order chi connectivity index (χ1) is 3.81. The quantitative estimate of drug-likeness (QED) is 0.419. The second-order valence-electron chi connectivity index (χ2n) is 1.50. The summed E-state index contributed by atoms with van der Waals surface area (Å²) in [6.45, 7) is 3.83. The van der Waals surface area contributed by atoms with Gasteiger partial charge in [-0.25, -0.2) is 5.53 Å². The van der Waals surface area contributed by atoms with E-state index >= 15 is 0 Å². The van der Waals surface area contributed by atoms with Gasteiger partial charge < -0.3 is 0 Å². The molecule has 1 N–H and O–H groups in total. The maximum Gasteiger partial charge on any atom is 0.0517 e. The lowest BCUT2D eigenvalue weighted by Crippen LogP contribution is -1.61. The molecule has 0 aliphatic rings. The second kappa shape index (κ2) is 4.24. The third-order valence-corrected chi connectivity index (χ3v) is 0.698. The molecular weight excluding hydrogens is 100 g/mol. The van der Waals surface area contributed by atoms with Crippen molar-refractivity contribution in [1.29, 1.82) is 5.53 Å². The van der Waals surface area contributed by atoms with Crippen molar-refractivity contribution in [2.24, 2.45) is 5.11 Å². The molecule has 0 saturated heterocycles. The fourth-order valence-electron chi connectivity index (χ4n) is 0.408. The number of nitrogens with zero attached hydrogens (tertiary/aromatic N) is 1. The zero-order valence-electron chi connectivity index (χ0n) is 5.18. The number of nitrogens with one attached hydrogen (secondary N) is 1. The van der Waals surface area contributed by atoms with Gasteiger partial charge in [0.2, 0.25) is 0 Å². The van der Waals surface area contributed by atoms with Crippen molar-refractivity contribution in [2.45, 2.75) is 13.8 Å². The molecule has 0 unspecified atom stereocenters. The largest absolute Gasteiger partial charge is 0.205 e. The normalized spacial score (nSPS) is 12.5. The van der Waals surface area contributed by atoms with Gasteiger partial charge in [-0.15, -0.1) is 0 Å². The lowest BCUT2D eigenvalue weighted by molar-refractivity contribution is 1.13. The second-order valence-corrected chi connectivity index (χ2v) is 1.50. The molecular formula is C6H10N2. The lowest BCUT2D eigenvalue weighted by Gasteiger charge is -1.81. The maximum atomic E-state index is 6.43. The van der Waals surface area contributed by atoms with E-state index in [4.69, 9.17) is 5.53 Å². The SMILES string of the molecule is C/C=C\C(C)=C/N=N. The van der Waals surface area contributed by atoms with Crippen LogP contribution in [0, 0.1) is 5.53 Å². The molecule has 0 amide bonds. The van der Waals surface area contributed by atoms with E-state index in [9.17, 15) is 0 Å². The molecule has 0 rings (SSSR count). The van der Waals surface area contributed by atoms with Gasteiger partial charge >= 0.3 is 0 Å². The summed E-state index contributed by atoms with van der Waals surface area (Å²) in [6, 6.07) is 0. The highest BCUT2D eigenvalue weighted by Crippen LogP contribution is 1.92. The summed E-state index contributed by atoms with van der Waals surface area (Å²) < 4.78 is 0. The Hall–Kier alpha value is -0.920. The lowest BCUT2D eigenvalue weighted by atomic mass is 10.3. The minimum absolute atomic E-state index is 1.00. The van der Waals surface area contributed by atoms with Gasteiger partial charge in [-0.2, -0.15) is 5.11 Å². The van der Waals surface area contributed by atoms with E-state index in [0.717, 1.165) is 5.57 Å². The molecule has 0 aliphatic heterocycles. The molecule has 0 saturated carbocycles. The van der Waals surface area contributed by atoms with Gasteiger partial charge in [0.15, 0.2) is 0 Å². The van der Waals surface area contributed by atoms with Crippen LogP contribution in [0.3, 0.4) is 0 Å². The molecule has 0 aromatic carbocycles. The Bertz CT molecular complexity index is 122. The smallest absolute Gasteiger partial charge is 0.0517 e. The summed E-state index contributed by atoms with van der Waals surface area (Å²) in [6.07, 6.45) is 5.31. The van der Waals surface area contributed by atoms with Crippen molar-refractivity contribution in [3.8, 4) is 0 Å². The summed E-state index contributed by atoms with van der Waals surface area (Å²) in [7, 11) is 0. The first-order valence-electron chi connectivity index (χ1n) is 2.47. The van der Waals surface area contributed by atoms with Crippen molar-refractivity contribution in [1.82, 2.24) is 0 Å². The maximum absolute atomic E-state index is 6.43. The third kappa shape index (κ3) is 3.28. The minimum Gasteiger partial charge on any atom is -0.205 e. The van der Waals surface area contributed by atoms with Crippen molar-refractivity contribution < 1.29 is 0 Å². The number of allylic oxidation sites excluding steroid dienone is 3. The average molecular weight is 110 g/mol. The van der Waals surface area contributed by atoms with Gasteiger partial charge in [-0.05, 0) is 19.4 Å². The summed E-state index contributed by atoms with van der Waals surface area (Å²) in [5.74, 6) is 0. The van der Waals surface area contributed by atoms with Crippen molar-refractivity contribution >= 4 is 0 Å². The van der Waals surface area contributed by atoms with Gasteiger partial charge in [0.05, 0.1) is 6.20 Å². The topological polar surface area (TPSA) is 36.2 Å². The van der Waals surface area contributed by atoms with Crippen LogP contribution in [-0.4, -0.2) is 0 Å². The molecule has 0 radical (unpaired) electrons. The Morgan fingerprint density at radius 1 is 1.62 bits per heavy atom. The van der Waals surface area contributed by atoms with Gasteiger partial charge in [0, 0.05) is 0 Å². The average Bonchev–Trinajstić information content (AvgIpc) is 1.68. The van der Waals surface area contributed by atoms with Crippen molar-refractivity contribution in [3.63, 3.8) is 0 Å². The van der Waals surface area contributed by atoms with Crippen LogP contribution in [0.1, 0.15) is 13.8 Å². The molecule has 44 valence electrons. The monoisotopic (exact) mass is 110 g/mol. The Balaban J connectivity index is 3.79. The van der Waals surface area contributed by atoms with Crippen LogP contribution in [0.2, 0.25) is 0 Å². The van der Waals surface area contributed by atoms with Crippen LogP contribution in [0.25, 0.3) is 0 Å². The van der Waals surface area contributed by atoms with E-state index < -0.39 is 0 Å². The molecule has 0 aromatic rings. The van der Waals surface area contributed by atoms with Gasteiger partial charge in [-0.3, -0.25) is 0 Å². The highest BCUT2D eigenvalue weighted by molar-refractivity contribution is 5.13. The van der Waals surface area contributed by atoms with E-state index in [-0.39, 0.29) is 0 Å². The number of hydrogen-bond acceptors (Lipinski definition) is 2. The van der Waals surface area contributed by atoms with Crippen LogP contribution in [0.4, 0.5) is 0 Å². The van der Waals surface area contributed by atoms with Crippen LogP contribution in [0.15, 0.2) is 29.0 Å². The molecule has 0 atom stereocenters. The van der Waals surface area contributed by atoms with Crippen LogP contribution in [0.5, 0.6) is 0 Å². The molecule has 0 heterocycles. The summed E-state index contributed by atoms with van der Waals surface area (Å²) in [5.41, 5.74) is 7.43. The molecule has 2 heteroatoms. The molecule has 0 aromatic heterocycles. The number of hydrogen-bond donors (Lipinski definition) is 1. The zero-order valence-corrected chi connectivity index (χ0v) is 5.18. The van der Waals surface area contributed by atoms with Crippen LogP contribution in [-0.2, 0) is 0 Å². The van der Waals surface area contributed by atoms with Crippen molar-refractivity contribution in [3.05, 3.63) is 23.9 Å². The van der Waals surface area contributed by atoms with Crippen molar-refractivity contribution in [2.75, 3.05) is 0 Å². The summed E-state index contributed by atoms with van der Waals surface area (Å²) >= 11 is 0. The summed E-state index contributed by atoms with van der Waals surface area (Å²) in [5, 5.41) is 3.09. The Kier molecular flexibility index (Phi) is 3.76. The summed E-state index contributed by atoms with van der Waals surface area (Å²) in [4.78, 5) is 0. The van der Waals surface area contributed by atoms with Crippen LogP contribution < -0.4 is 0 Å². The minimum atomic E-state index is 1.00. The Morgan fingerprint density at radius 2 is 2.25 bits per heavy atom. The molecule has 0 bridgehead atoms. The van der Waals surface area contributed by atoms with E-state index in [0.29, 0.717) is 0 Å². The molecule has 8 heavy (non-hydrogen) atoms. The van der Waals surface area contributed by atoms with Gasteiger partial charge in [0.1, 0.15) is 0 Å². The highest BCUT2D eigenvalue weighted by Gasteiger charge is 1.73.